The number of carbonyl (C=O) groups excluding carboxylic acids is 1. The summed E-state index contributed by atoms with van der Waals surface area (Å²) in [6.45, 7) is 0. The largest absolute Gasteiger partial charge is 0.501 e. The van der Waals surface area contributed by atoms with E-state index >= 15 is 0 Å². The molecule has 4 N–H and O–H groups in total. The zero-order valence-corrected chi connectivity index (χ0v) is 13.9. The number of aromatic nitrogens is 3. The number of thiophene rings is 1. The Morgan fingerprint density at radius 3 is 2.77 bits per heavy atom. The second-order valence-corrected chi connectivity index (χ2v) is 6.04. The molecule has 0 bridgehead atoms. The van der Waals surface area contributed by atoms with E-state index in [9.17, 15) is 19.5 Å². The van der Waals surface area contributed by atoms with Crippen molar-refractivity contribution >= 4 is 28.9 Å². The van der Waals surface area contributed by atoms with Crippen LogP contribution < -0.4 is 10.9 Å². The first-order valence-corrected chi connectivity index (χ1v) is 8.18. The summed E-state index contributed by atoms with van der Waals surface area (Å²) in [6.07, 6.45) is 1.63. The van der Waals surface area contributed by atoms with Crippen LogP contribution in [0.15, 0.2) is 40.6 Å². The number of aromatic hydroxyl groups is 1. The highest BCUT2D eigenvalue weighted by Gasteiger charge is 2.20. The number of amides is 1. The molecular formula is C16H12N4O5S. The Morgan fingerprint density at radius 1 is 1.27 bits per heavy atom. The molecule has 3 aromatic rings. The van der Waals surface area contributed by atoms with Crippen LogP contribution in [0.5, 0.6) is 5.75 Å². The topological polar surface area (TPSA) is 145 Å². The molecule has 0 radical (unpaired) electrons. The number of hydrogen-bond donors (Lipinski definition) is 4. The number of carbonyl (C=O) groups is 2. The summed E-state index contributed by atoms with van der Waals surface area (Å²) < 4.78 is 0. The number of aromatic carboxylic acids is 1. The fraction of sp³-hybridized carbons (Fsp3) is 0.0625. The van der Waals surface area contributed by atoms with E-state index in [-0.39, 0.29) is 18.2 Å². The number of nitrogens with one attached hydrogen (secondary N) is 2. The Kier molecular flexibility index (Phi) is 4.76. The van der Waals surface area contributed by atoms with Gasteiger partial charge in [0.2, 0.25) is 11.7 Å². The van der Waals surface area contributed by atoms with Crippen molar-refractivity contribution in [3.8, 4) is 16.5 Å². The highest BCUT2D eigenvalue weighted by Crippen LogP contribution is 2.31. The molecule has 10 heteroatoms. The quantitative estimate of drug-likeness (QED) is 0.530. The minimum Gasteiger partial charge on any atom is -0.501 e. The molecule has 26 heavy (non-hydrogen) atoms. The average Bonchev–Trinajstić information content (AvgIpc) is 3.05. The van der Waals surface area contributed by atoms with Crippen LogP contribution in [0.1, 0.15) is 16.2 Å². The Hall–Kier alpha value is -3.53. The van der Waals surface area contributed by atoms with Gasteiger partial charge in [0.15, 0.2) is 11.5 Å². The molecule has 0 aromatic carbocycles. The van der Waals surface area contributed by atoms with Crippen LogP contribution >= 0.6 is 11.3 Å². The first kappa shape index (κ1) is 17.3. The molecule has 0 aliphatic carbocycles. The Balaban J connectivity index is 1.88. The third-order valence-electron chi connectivity index (χ3n) is 3.32. The molecule has 3 heterocycles. The van der Waals surface area contributed by atoms with Gasteiger partial charge in [-0.15, -0.1) is 11.3 Å². The van der Waals surface area contributed by atoms with Crippen molar-refractivity contribution in [3.63, 3.8) is 0 Å². The maximum atomic E-state index is 12.2. The van der Waals surface area contributed by atoms with E-state index in [0.29, 0.717) is 16.3 Å². The van der Waals surface area contributed by atoms with Gasteiger partial charge in [0, 0.05) is 11.9 Å². The van der Waals surface area contributed by atoms with Gasteiger partial charge in [0.1, 0.15) is 0 Å². The summed E-state index contributed by atoms with van der Waals surface area (Å²) in [6, 6.07) is 6.82. The number of anilines is 1. The van der Waals surface area contributed by atoms with E-state index in [4.69, 9.17) is 5.11 Å². The normalized spacial score (nSPS) is 10.5. The van der Waals surface area contributed by atoms with Gasteiger partial charge in [-0.05, 0) is 23.6 Å². The van der Waals surface area contributed by atoms with E-state index in [1.165, 1.54) is 0 Å². The molecular weight excluding hydrogens is 360 g/mol. The first-order chi connectivity index (χ1) is 12.5. The molecule has 3 aromatic heterocycles. The Bertz CT molecular complexity index is 1030. The summed E-state index contributed by atoms with van der Waals surface area (Å²) in [5, 5.41) is 22.9. The number of carboxylic acid groups (broad SMARTS) is 1. The lowest BCUT2D eigenvalue weighted by atomic mass is 10.2. The van der Waals surface area contributed by atoms with Crippen molar-refractivity contribution in [3.05, 3.63) is 57.6 Å². The summed E-state index contributed by atoms with van der Waals surface area (Å²) >= 11 is 1.15. The van der Waals surface area contributed by atoms with Crippen molar-refractivity contribution in [2.75, 3.05) is 5.32 Å². The zero-order chi connectivity index (χ0) is 18.7. The molecule has 0 fully saturated rings. The average molecular weight is 372 g/mol. The highest BCUT2D eigenvalue weighted by molar-refractivity contribution is 7.14. The van der Waals surface area contributed by atoms with Crippen molar-refractivity contribution < 1.29 is 19.8 Å². The predicted octanol–water partition coefficient (Wildman–Crippen LogP) is 1.48. The molecule has 0 saturated carbocycles. The van der Waals surface area contributed by atoms with Gasteiger partial charge < -0.3 is 20.5 Å². The van der Waals surface area contributed by atoms with Gasteiger partial charge in [-0.1, -0.05) is 6.07 Å². The van der Waals surface area contributed by atoms with Crippen LogP contribution in [-0.4, -0.2) is 37.0 Å². The molecule has 3 rings (SSSR count). The summed E-state index contributed by atoms with van der Waals surface area (Å²) in [5.74, 6) is -2.90. The zero-order valence-electron chi connectivity index (χ0n) is 13.1. The first-order valence-electron chi connectivity index (χ1n) is 7.30. The van der Waals surface area contributed by atoms with Gasteiger partial charge >= 0.3 is 5.97 Å². The molecule has 0 atom stereocenters. The number of rotatable bonds is 5. The molecule has 9 nitrogen and oxygen atoms in total. The number of hydrogen-bond acceptors (Lipinski definition) is 7. The summed E-state index contributed by atoms with van der Waals surface area (Å²) in [4.78, 5) is 45.5. The summed E-state index contributed by atoms with van der Waals surface area (Å²) in [5.41, 5.74) is -0.790. The third kappa shape index (κ3) is 3.59. The van der Waals surface area contributed by atoms with E-state index in [2.05, 4.69) is 20.3 Å². The van der Waals surface area contributed by atoms with Crippen LogP contribution in [0.25, 0.3) is 10.7 Å². The molecule has 132 valence electrons. The van der Waals surface area contributed by atoms with Crippen molar-refractivity contribution in [2.45, 2.75) is 6.42 Å². The predicted molar refractivity (Wildman–Crippen MR) is 93.4 cm³/mol. The van der Waals surface area contributed by atoms with Crippen molar-refractivity contribution in [1.82, 2.24) is 15.0 Å². The van der Waals surface area contributed by atoms with Crippen LogP contribution in [0.3, 0.4) is 0 Å². The SMILES string of the molecule is O=C(Cc1ccccn1)Nc1ccsc1-c1nc(C(=O)O)c(O)c(=O)[nH]1. The molecule has 0 unspecified atom stereocenters. The highest BCUT2D eigenvalue weighted by atomic mass is 32.1. The number of aromatic amines is 1. The maximum absolute atomic E-state index is 12.2. The molecule has 0 aliphatic rings. The smallest absolute Gasteiger partial charge is 0.358 e. The third-order valence-corrected chi connectivity index (χ3v) is 4.24. The summed E-state index contributed by atoms with van der Waals surface area (Å²) in [7, 11) is 0. The molecule has 0 aliphatic heterocycles. The maximum Gasteiger partial charge on any atom is 0.358 e. The number of H-pyrrole nitrogens is 1. The molecule has 0 saturated heterocycles. The van der Waals surface area contributed by atoms with Crippen LogP contribution in [-0.2, 0) is 11.2 Å². The standard InChI is InChI=1S/C16H12N4O5S/c21-10(7-8-3-1-2-5-17-8)18-9-4-6-26-13(9)14-19-11(16(24)25)12(22)15(23)20-14/h1-6,22H,7H2,(H,18,21)(H,24,25)(H,19,20,23). The lowest BCUT2D eigenvalue weighted by molar-refractivity contribution is -0.115. The number of nitrogens with zero attached hydrogens (tertiary/aromatic N) is 2. The van der Waals surface area contributed by atoms with Crippen molar-refractivity contribution in [2.24, 2.45) is 0 Å². The van der Waals surface area contributed by atoms with Crippen LogP contribution in [0, 0.1) is 0 Å². The second kappa shape index (κ2) is 7.15. The number of carboxylic acids is 1. The van der Waals surface area contributed by atoms with Gasteiger partial charge in [-0.25, -0.2) is 9.78 Å². The second-order valence-electron chi connectivity index (χ2n) is 5.13. The molecule has 0 spiro atoms. The van der Waals surface area contributed by atoms with E-state index in [0.717, 1.165) is 11.3 Å². The van der Waals surface area contributed by atoms with Crippen LogP contribution in [0.2, 0.25) is 0 Å². The van der Waals surface area contributed by atoms with Gasteiger partial charge in [-0.2, -0.15) is 0 Å². The Morgan fingerprint density at radius 2 is 2.08 bits per heavy atom. The van der Waals surface area contributed by atoms with E-state index in [1.54, 1.807) is 35.8 Å². The van der Waals surface area contributed by atoms with Gasteiger partial charge in [0.25, 0.3) is 5.56 Å². The van der Waals surface area contributed by atoms with E-state index < -0.39 is 23.0 Å². The van der Waals surface area contributed by atoms with Gasteiger partial charge in [0.05, 0.1) is 17.0 Å². The minimum atomic E-state index is -1.54. The Labute approximate surface area is 150 Å². The monoisotopic (exact) mass is 372 g/mol. The number of pyridine rings is 1. The molecule has 1 amide bonds. The minimum absolute atomic E-state index is 0.0516. The fourth-order valence-electron chi connectivity index (χ4n) is 2.18. The van der Waals surface area contributed by atoms with Gasteiger partial charge in [-0.3, -0.25) is 14.6 Å². The fourth-order valence-corrected chi connectivity index (χ4v) is 2.97. The van der Waals surface area contributed by atoms with Crippen LogP contribution in [0.4, 0.5) is 5.69 Å². The van der Waals surface area contributed by atoms with E-state index in [1.807, 2.05) is 0 Å². The van der Waals surface area contributed by atoms with Crippen molar-refractivity contribution in [1.29, 1.82) is 0 Å². The lowest BCUT2D eigenvalue weighted by Crippen LogP contribution is -2.17. The lowest BCUT2D eigenvalue weighted by Gasteiger charge is -2.07.